The molecule has 0 unspecified atom stereocenters. The van der Waals surface area contributed by atoms with Gasteiger partial charge in [-0.05, 0) is 62.9 Å². The number of hydrogen-bond donors (Lipinski definition) is 2. The Kier molecular flexibility index (Phi) is 9.46. The quantitative estimate of drug-likeness (QED) is 0.506. The Bertz CT molecular complexity index is 706. The third kappa shape index (κ3) is 7.41. The summed E-state index contributed by atoms with van der Waals surface area (Å²) in [5.41, 5.74) is 3.36. The van der Waals surface area contributed by atoms with Gasteiger partial charge < -0.3 is 19.9 Å². The molecule has 0 saturated heterocycles. The van der Waals surface area contributed by atoms with Gasteiger partial charge in [0.05, 0.1) is 11.6 Å². The van der Waals surface area contributed by atoms with Gasteiger partial charge in [0.25, 0.3) is 0 Å². The molecule has 0 heterocycles. The SMILES string of the molecule is CCOc1cc(CNCCCCCO)cc(Cl)c1OCc1cccc(C)c1. The van der Waals surface area contributed by atoms with Crippen LogP contribution in [0.1, 0.15) is 42.9 Å². The molecule has 0 fully saturated rings. The number of rotatable bonds is 12. The van der Waals surface area contributed by atoms with Crippen molar-refractivity contribution < 1.29 is 14.6 Å². The van der Waals surface area contributed by atoms with Crippen molar-refractivity contribution in [3.8, 4) is 11.5 Å². The Morgan fingerprint density at radius 1 is 1.04 bits per heavy atom. The van der Waals surface area contributed by atoms with Crippen LogP contribution in [-0.2, 0) is 13.2 Å². The summed E-state index contributed by atoms with van der Waals surface area (Å²) in [6.07, 6.45) is 2.93. The van der Waals surface area contributed by atoms with Crippen LogP contribution in [-0.4, -0.2) is 24.9 Å². The van der Waals surface area contributed by atoms with E-state index in [4.69, 9.17) is 26.2 Å². The highest BCUT2D eigenvalue weighted by atomic mass is 35.5. The molecule has 0 saturated carbocycles. The zero-order chi connectivity index (χ0) is 19.5. The lowest BCUT2D eigenvalue weighted by Crippen LogP contribution is -2.15. The van der Waals surface area contributed by atoms with Crippen LogP contribution in [0.15, 0.2) is 36.4 Å². The molecule has 4 nitrogen and oxygen atoms in total. The molecule has 0 aliphatic heterocycles. The molecule has 0 radical (unpaired) electrons. The van der Waals surface area contributed by atoms with Crippen LogP contribution in [0.5, 0.6) is 11.5 Å². The second-order valence-electron chi connectivity index (χ2n) is 6.58. The number of ether oxygens (including phenoxy) is 2. The molecule has 148 valence electrons. The summed E-state index contributed by atoms with van der Waals surface area (Å²) in [6, 6.07) is 12.1. The molecule has 0 spiro atoms. The Morgan fingerprint density at radius 3 is 2.63 bits per heavy atom. The van der Waals surface area contributed by atoms with Gasteiger partial charge in [0, 0.05) is 13.2 Å². The highest BCUT2D eigenvalue weighted by Gasteiger charge is 2.13. The molecule has 0 aliphatic rings. The summed E-state index contributed by atoms with van der Waals surface area (Å²) in [4.78, 5) is 0. The lowest BCUT2D eigenvalue weighted by molar-refractivity contribution is 0.269. The normalized spacial score (nSPS) is 10.8. The summed E-state index contributed by atoms with van der Waals surface area (Å²) >= 11 is 6.49. The lowest BCUT2D eigenvalue weighted by atomic mass is 10.1. The molecule has 0 aromatic heterocycles. The van der Waals surface area contributed by atoms with E-state index in [2.05, 4.69) is 24.4 Å². The van der Waals surface area contributed by atoms with Crippen molar-refractivity contribution in [2.75, 3.05) is 19.8 Å². The number of halogens is 1. The van der Waals surface area contributed by atoms with Crippen LogP contribution in [0.25, 0.3) is 0 Å². The minimum absolute atomic E-state index is 0.261. The van der Waals surface area contributed by atoms with Gasteiger partial charge in [-0.1, -0.05) is 41.4 Å². The van der Waals surface area contributed by atoms with E-state index < -0.39 is 0 Å². The average Bonchev–Trinajstić information content (AvgIpc) is 2.64. The van der Waals surface area contributed by atoms with E-state index in [1.54, 1.807) is 0 Å². The fourth-order valence-corrected chi connectivity index (χ4v) is 3.14. The minimum atomic E-state index is 0.261. The topological polar surface area (TPSA) is 50.7 Å². The van der Waals surface area contributed by atoms with Crippen LogP contribution >= 0.6 is 11.6 Å². The zero-order valence-corrected chi connectivity index (χ0v) is 17.0. The molecule has 2 aromatic rings. The van der Waals surface area contributed by atoms with E-state index in [9.17, 15) is 0 Å². The number of aryl methyl sites for hydroxylation is 1. The van der Waals surface area contributed by atoms with Crippen molar-refractivity contribution in [2.24, 2.45) is 0 Å². The molecule has 5 heteroatoms. The van der Waals surface area contributed by atoms with Crippen molar-refractivity contribution >= 4 is 11.6 Å². The highest BCUT2D eigenvalue weighted by molar-refractivity contribution is 6.32. The van der Waals surface area contributed by atoms with Gasteiger partial charge in [-0.2, -0.15) is 0 Å². The maximum atomic E-state index is 8.81. The molecule has 2 rings (SSSR count). The third-order valence-corrected chi connectivity index (χ3v) is 4.46. The van der Waals surface area contributed by atoms with Crippen molar-refractivity contribution in [1.82, 2.24) is 5.32 Å². The number of unbranched alkanes of at least 4 members (excludes halogenated alkanes) is 2. The van der Waals surface area contributed by atoms with Crippen molar-refractivity contribution in [3.63, 3.8) is 0 Å². The van der Waals surface area contributed by atoms with E-state index in [-0.39, 0.29) is 6.61 Å². The maximum Gasteiger partial charge on any atom is 0.180 e. The van der Waals surface area contributed by atoms with E-state index in [0.717, 1.165) is 43.5 Å². The zero-order valence-electron chi connectivity index (χ0n) is 16.3. The number of aliphatic hydroxyl groups excluding tert-OH is 1. The molecule has 0 atom stereocenters. The first kappa shape index (κ1) is 21.5. The van der Waals surface area contributed by atoms with Crippen molar-refractivity contribution in [3.05, 3.63) is 58.1 Å². The Balaban J connectivity index is 1.99. The van der Waals surface area contributed by atoms with Crippen molar-refractivity contribution in [2.45, 2.75) is 46.3 Å². The summed E-state index contributed by atoms with van der Waals surface area (Å²) in [7, 11) is 0. The van der Waals surface area contributed by atoms with Gasteiger partial charge in [-0.3, -0.25) is 0 Å². The molecular formula is C22H30ClNO3. The molecule has 0 aliphatic carbocycles. The number of benzene rings is 2. The standard InChI is InChI=1S/C22H30ClNO3/c1-3-26-21-14-19(15-24-10-5-4-6-11-25)13-20(23)22(21)27-16-18-9-7-8-17(2)12-18/h7-9,12-14,24-25H,3-6,10-11,15-16H2,1-2H3. The van der Waals surface area contributed by atoms with Gasteiger partial charge >= 0.3 is 0 Å². The minimum Gasteiger partial charge on any atom is -0.490 e. The summed E-state index contributed by atoms with van der Waals surface area (Å²) in [5.74, 6) is 1.27. The molecule has 2 aromatic carbocycles. The second kappa shape index (κ2) is 11.9. The molecular weight excluding hydrogens is 362 g/mol. The summed E-state index contributed by atoms with van der Waals surface area (Å²) in [5, 5.41) is 12.8. The van der Waals surface area contributed by atoms with Crippen LogP contribution < -0.4 is 14.8 Å². The first-order valence-electron chi connectivity index (χ1n) is 9.59. The van der Waals surface area contributed by atoms with Crippen LogP contribution in [0.4, 0.5) is 0 Å². The van der Waals surface area contributed by atoms with Gasteiger partial charge in [-0.15, -0.1) is 0 Å². The first-order valence-corrected chi connectivity index (χ1v) is 9.97. The fourth-order valence-electron chi connectivity index (χ4n) is 2.86. The average molecular weight is 392 g/mol. The molecule has 2 N–H and O–H groups in total. The predicted molar refractivity (Wildman–Crippen MR) is 111 cm³/mol. The Labute approximate surface area is 167 Å². The first-order chi connectivity index (χ1) is 13.1. The molecule has 27 heavy (non-hydrogen) atoms. The summed E-state index contributed by atoms with van der Waals surface area (Å²) < 4.78 is 11.8. The van der Waals surface area contributed by atoms with E-state index >= 15 is 0 Å². The number of hydrogen-bond acceptors (Lipinski definition) is 4. The van der Waals surface area contributed by atoms with E-state index in [1.807, 2.05) is 31.2 Å². The smallest absolute Gasteiger partial charge is 0.180 e. The van der Waals surface area contributed by atoms with Crippen LogP contribution in [0.3, 0.4) is 0 Å². The van der Waals surface area contributed by atoms with Gasteiger partial charge in [0.1, 0.15) is 6.61 Å². The van der Waals surface area contributed by atoms with Gasteiger partial charge in [0.15, 0.2) is 11.5 Å². The maximum absolute atomic E-state index is 8.81. The van der Waals surface area contributed by atoms with Crippen LogP contribution in [0.2, 0.25) is 5.02 Å². The Hall–Kier alpha value is -1.75. The van der Waals surface area contributed by atoms with Crippen LogP contribution in [0, 0.1) is 6.92 Å². The summed E-state index contributed by atoms with van der Waals surface area (Å²) in [6.45, 7) is 6.90. The number of nitrogens with one attached hydrogen (secondary N) is 1. The molecule has 0 bridgehead atoms. The third-order valence-electron chi connectivity index (χ3n) is 4.18. The second-order valence-corrected chi connectivity index (χ2v) is 6.98. The predicted octanol–water partition coefficient (Wildman–Crippen LogP) is 4.88. The monoisotopic (exact) mass is 391 g/mol. The largest absolute Gasteiger partial charge is 0.490 e. The highest BCUT2D eigenvalue weighted by Crippen LogP contribution is 2.37. The molecule has 0 amide bonds. The van der Waals surface area contributed by atoms with Gasteiger partial charge in [0.2, 0.25) is 0 Å². The van der Waals surface area contributed by atoms with E-state index in [1.165, 1.54) is 5.56 Å². The van der Waals surface area contributed by atoms with Gasteiger partial charge in [-0.25, -0.2) is 0 Å². The lowest BCUT2D eigenvalue weighted by Gasteiger charge is -2.16. The fraction of sp³-hybridized carbons (Fsp3) is 0.455. The van der Waals surface area contributed by atoms with Crippen molar-refractivity contribution in [1.29, 1.82) is 0 Å². The van der Waals surface area contributed by atoms with E-state index in [0.29, 0.717) is 29.7 Å². The Morgan fingerprint density at radius 2 is 1.89 bits per heavy atom. The number of aliphatic hydroxyl groups is 1.